The van der Waals surface area contributed by atoms with Gasteiger partial charge >= 0.3 is 5.97 Å². The fraction of sp³-hybridized carbons (Fsp3) is 0.222. The number of aliphatic hydroxyl groups is 1. The van der Waals surface area contributed by atoms with E-state index in [0.717, 1.165) is 0 Å². The normalized spacial score (nSPS) is 26.7. The summed E-state index contributed by atoms with van der Waals surface area (Å²) in [4.78, 5) is 10.8. The molecule has 1 aliphatic heterocycles. The van der Waals surface area contributed by atoms with E-state index in [-0.39, 0.29) is 0 Å². The minimum absolute atomic E-state index is 0.311. The van der Waals surface area contributed by atoms with Crippen molar-refractivity contribution in [3.05, 3.63) is 35.6 Å². The van der Waals surface area contributed by atoms with E-state index < -0.39 is 23.5 Å². The molecule has 0 saturated carbocycles. The van der Waals surface area contributed by atoms with E-state index in [1.165, 1.54) is 0 Å². The second-order valence-corrected chi connectivity index (χ2v) is 2.84. The number of ether oxygens (including phenoxy) is 1. The van der Waals surface area contributed by atoms with Gasteiger partial charge in [-0.25, -0.2) is 4.79 Å². The number of carbonyl (C=O) groups excluding carboxylic acids is 1. The fourth-order valence-corrected chi connectivity index (χ4v) is 1.34. The topological polar surface area (TPSA) is 46.5 Å². The minimum Gasteiger partial charge on any atom is -0.508 e. The van der Waals surface area contributed by atoms with Crippen LogP contribution in [-0.2, 0) is 9.53 Å². The van der Waals surface area contributed by atoms with Gasteiger partial charge in [0.2, 0.25) is 5.83 Å². The number of hydrogen-bond acceptors (Lipinski definition) is 3. The van der Waals surface area contributed by atoms with Gasteiger partial charge in [0, 0.05) is 0 Å². The van der Waals surface area contributed by atoms with Gasteiger partial charge < -0.3 is 9.84 Å². The Morgan fingerprint density at radius 1 is 1.62 bits per heavy atom. The molecule has 2 rings (SSSR count). The second kappa shape index (κ2) is 2.73. The molecule has 0 aromatic carbocycles. The largest absolute Gasteiger partial charge is 0.508 e. The van der Waals surface area contributed by atoms with Crippen molar-refractivity contribution in [1.82, 2.24) is 0 Å². The van der Waals surface area contributed by atoms with E-state index in [1.54, 1.807) is 18.2 Å². The molecular formula is C9H7FO3. The quantitative estimate of drug-likeness (QED) is 0.458. The molecule has 0 bridgehead atoms. The van der Waals surface area contributed by atoms with Crippen molar-refractivity contribution in [2.75, 3.05) is 0 Å². The van der Waals surface area contributed by atoms with Gasteiger partial charge in [0.05, 0.1) is 5.92 Å². The maximum absolute atomic E-state index is 12.8. The summed E-state index contributed by atoms with van der Waals surface area (Å²) in [6.45, 7) is 0. The molecule has 1 aliphatic carbocycles. The average molecular weight is 182 g/mol. The van der Waals surface area contributed by atoms with Crippen LogP contribution >= 0.6 is 0 Å². The molecule has 0 amide bonds. The van der Waals surface area contributed by atoms with Crippen molar-refractivity contribution in [3.8, 4) is 0 Å². The summed E-state index contributed by atoms with van der Waals surface area (Å²) in [7, 11) is 0. The van der Waals surface area contributed by atoms with Gasteiger partial charge in [-0.2, -0.15) is 4.39 Å². The number of fused-ring (bicyclic) bond motifs is 1. The molecule has 68 valence electrons. The SMILES string of the molecule is O=C1OC2=CCC=CC2C(O)=C1F. The van der Waals surface area contributed by atoms with E-state index in [1.807, 2.05) is 0 Å². The molecule has 1 unspecified atom stereocenters. The van der Waals surface area contributed by atoms with Gasteiger partial charge in [-0.3, -0.25) is 0 Å². The predicted molar refractivity (Wildman–Crippen MR) is 42.2 cm³/mol. The van der Waals surface area contributed by atoms with E-state index in [0.29, 0.717) is 12.2 Å². The van der Waals surface area contributed by atoms with Crippen LogP contribution in [0.2, 0.25) is 0 Å². The second-order valence-electron chi connectivity index (χ2n) is 2.84. The van der Waals surface area contributed by atoms with Crippen LogP contribution in [0.5, 0.6) is 0 Å². The first kappa shape index (κ1) is 8.04. The first-order valence-corrected chi connectivity index (χ1v) is 3.87. The highest BCUT2D eigenvalue weighted by Crippen LogP contribution is 2.32. The van der Waals surface area contributed by atoms with Crippen LogP contribution in [0.25, 0.3) is 0 Å². The van der Waals surface area contributed by atoms with Crippen molar-refractivity contribution in [2.24, 2.45) is 5.92 Å². The Morgan fingerprint density at radius 2 is 2.38 bits per heavy atom. The van der Waals surface area contributed by atoms with Crippen LogP contribution < -0.4 is 0 Å². The summed E-state index contributed by atoms with van der Waals surface area (Å²) in [5.74, 6) is -3.18. The molecule has 0 fully saturated rings. The Kier molecular flexibility index (Phi) is 1.69. The number of allylic oxidation sites excluding steroid dienone is 2. The third-order valence-electron chi connectivity index (χ3n) is 2.00. The summed E-state index contributed by atoms with van der Waals surface area (Å²) < 4.78 is 17.5. The first-order valence-electron chi connectivity index (χ1n) is 3.87. The lowest BCUT2D eigenvalue weighted by molar-refractivity contribution is -0.139. The van der Waals surface area contributed by atoms with Gasteiger partial charge in [0.1, 0.15) is 11.5 Å². The molecule has 0 spiro atoms. The molecule has 0 saturated heterocycles. The number of esters is 1. The molecule has 13 heavy (non-hydrogen) atoms. The van der Waals surface area contributed by atoms with E-state index in [9.17, 15) is 14.3 Å². The van der Waals surface area contributed by atoms with E-state index in [2.05, 4.69) is 4.74 Å². The summed E-state index contributed by atoms with van der Waals surface area (Å²) in [5.41, 5.74) is 0. The first-order chi connectivity index (χ1) is 6.20. The van der Waals surface area contributed by atoms with Crippen molar-refractivity contribution >= 4 is 5.97 Å². The lowest BCUT2D eigenvalue weighted by atomic mass is 9.96. The lowest BCUT2D eigenvalue weighted by Crippen LogP contribution is -2.22. The summed E-state index contributed by atoms with van der Waals surface area (Å²) in [6.07, 6.45) is 5.66. The molecule has 1 heterocycles. The highest BCUT2D eigenvalue weighted by Gasteiger charge is 2.33. The molecule has 1 atom stereocenters. The number of rotatable bonds is 0. The smallest absolute Gasteiger partial charge is 0.375 e. The molecule has 0 radical (unpaired) electrons. The molecule has 0 aromatic rings. The Labute approximate surface area is 73.8 Å². The Bertz CT molecular complexity index is 352. The predicted octanol–water partition coefficient (Wildman–Crippen LogP) is 1.74. The number of hydrogen-bond donors (Lipinski definition) is 1. The zero-order chi connectivity index (χ0) is 9.42. The number of carbonyl (C=O) groups is 1. The zero-order valence-corrected chi connectivity index (χ0v) is 6.66. The van der Waals surface area contributed by atoms with Crippen LogP contribution in [-0.4, -0.2) is 11.1 Å². The maximum atomic E-state index is 12.8. The summed E-state index contributed by atoms with van der Waals surface area (Å²) >= 11 is 0. The highest BCUT2D eigenvalue weighted by molar-refractivity contribution is 5.88. The third kappa shape index (κ3) is 1.14. The van der Waals surface area contributed by atoms with Gasteiger partial charge in [0.15, 0.2) is 0 Å². The van der Waals surface area contributed by atoms with E-state index in [4.69, 9.17) is 0 Å². The van der Waals surface area contributed by atoms with Crippen LogP contribution in [0.4, 0.5) is 4.39 Å². The minimum atomic E-state index is -1.20. The summed E-state index contributed by atoms with van der Waals surface area (Å²) in [6, 6.07) is 0. The number of aliphatic hydroxyl groups excluding tert-OH is 1. The lowest BCUT2D eigenvalue weighted by Gasteiger charge is -2.23. The van der Waals surface area contributed by atoms with Crippen molar-refractivity contribution in [1.29, 1.82) is 0 Å². The van der Waals surface area contributed by atoms with Crippen molar-refractivity contribution in [2.45, 2.75) is 6.42 Å². The van der Waals surface area contributed by atoms with E-state index >= 15 is 0 Å². The molecule has 3 nitrogen and oxygen atoms in total. The van der Waals surface area contributed by atoms with Gasteiger partial charge in [-0.1, -0.05) is 12.2 Å². The molecule has 1 N–H and O–H groups in total. The van der Waals surface area contributed by atoms with Gasteiger partial charge in [0.25, 0.3) is 0 Å². The van der Waals surface area contributed by atoms with Crippen LogP contribution in [0.15, 0.2) is 35.6 Å². The Hall–Kier alpha value is -1.58. The monoisotopic (exact) mass is 182 g/mol. The average Bonchev–Trinajstić information content (AvgIpc) is 2.15. The molecule has 2 aliphatic rings. The van der Waals surface area contributed by atoms with Gasteiger partial charge in [-0.05, 0) is 12.5 Å². The Balaban J connectivity index is 2.46. The molecular weight excluding hydrogens is 175 g/mol. The fourth-order valence-electron chi connectivity index (χ4n) is 1.34. The highest BCUT2D eigenvalue weighted by atomic mass is 19.1. The number of halogens is 1. The van der Waals surface area contributed by atoms with Crippen LogP contribution in [0.1, 0.15) is 6.42 Å². The van der Waals surface area contributed by atoms with Crippen LogP contribution in [0.3, 0.4) is 0 Å². The standard InChI is InChI=1S/C9H7FO3/c10-7-8(11)5-3-1-2-4-6(5)13-9(7)12/h1,3-5,11H,2H2. The molecule has 4 heteroatoms. The summed E-state index contributed by atoms with van der Waals surface area (Å²) in [5, 5.41) is 9.25. The van der Waals surface area contributed by atoms with Crippen molar-refractivity contribution in [3.63, 3.8) is 0 Å². The Morgan fingerprint density at radius 3 is 3.15 bits per heavy atom. The van der Waals surface area contributed by atoms with Crippen molar-refractivity contribution < 1.29 is 19.0 Å². The maximum Gasteiger partial charge on any atom is 0.375 e. The third-order valence-corrected chi connectivity index (χ3v) is 2.00. The molecule has 0 aromatic heterocycles. The zero-order valence-electron chi connectivity index (χ0n) is 6.66. The van der Waals surface area contributed by atoms with Crippen LogP contribution in [0, 0.1) is 5.92 Å². The van der Waals surface area contributed by atoms with Gasteiger partial charge in [-0.15, -0.1) is 0 Å².